The highest BCUT2D eigenvalue weighted by molar-refractivity contribution is 5.71. The monoisotopic (exact) mass is 170 g/mol. The van der Waals surface area contributed by atoms with E-state index < -0.39 is 5.97 Å². The third-order valence-corrected chi connectivity index (χ3v) is 3.44. The van der Waals surface area contributed by atoms with Crippen LogP contribution < -0.4 is 0 Å². The number of aliphatic hydroxyl groups excluding tert-OH is 1. The largest absolute Gasteiger partial charge is 0.481 e. The third-order valence-electron chi connectivity index (χ3n) is 3.44. The van der Waals surface area contributed by atoms with Crippen LogP contribution >= 0.6 is 0 Å². The van der Waals surface area contributed by atoms with E-state index >= 15 is 0 Å². The van der Waals surface area contributed by atoms with Gasteiger partial charge in [0.25, 0.3) is 0 Å². The lowest BCUT2D eigenvalue weighted by Gasteiger charge is -2.48. The zero-order chi connectivity index (χ0) is 8.72. The predicted octanol–water partition coefficient (Wildman–Crippen LogP) is 0.868. The van der Waals surface area contributed by atoms with Gasteiger partial charge in [-0.05, 0) is 31.1 Å². The summed E-state index contributed by atoms with van der Waals surface area (Å²) in [5.74, 6) is -0.276. The minimum atomic E-state index is -0.676. The molecule has 0 radical (unpaired) electrons. The Bertz CT molecular complexity index is 202. The smallest absolute Gasteiger partial charge is 0.306 e. The van der Waals surface area contributed by atoms with Crippen molar-refractivity contribution in [3.8, 4) is 0 Å². The molecule has 4 unspecified atom stereocenters. The number of hydrogen-bond acceptors (Lipinski definition) is 2. The fourth-order valence-corrected chi connectivity index (χ4v) is 2.66. The van der Waals surface area contributed by atoms with Gasteiger partial charge in [-0.1, -0.05) is 6.42 Å². The molecule has 0 amide bonds. The normalized spacial score (nSPS) is 46.1. The lowest BCUT2D eigenvalue weighted by Crippen LogP contribution is -2.49. The first-order valence-corrected chi connectivity index (χ1v) is 4.61. The lowest BCUT2D eigenvalue weighted by atomic mass is 9.57. The van der Waals surface area contributed by atoms with Gasteiger partial charge in [-0.2, -0.15) is 0 Å². The quantitative estimate of drug-likeness (QED) is 0.614. The van der Waals surface area contributed by atoms with Gasteiger partial charge in [0.2, 0.25) is 0 Å². The van der Waals surface area contributed by atoms with Gasteiger partial charge in [0, 0.05) is 0 Å². The second-order valence-corrected chi connectivity index (χ2v) is 4.01. The zero-order valence-electron chi connectivity index (χ0n) is 6.94. The van der Waals surface area contributed by atoms with Crippen molar-refractivity contribution in [1.29, 1.82) is 0 Å². The summed E-state index contributed by atoms with van der Waals surface area (Å²) in [4.78, 5) is 10.7. The predicted molar refractivity (Wildman–Crippen MR) is 42.6 cm³/mol. The minimum Gasteiger partial charge on any atom is -0.481 e. The van der Waals surface area contributed by atoms with Crippen LogP contribution in [0.5, 0.6) is 0 Å². The summed E-state index contributed by atoms with van der Waals surface area (Å²) in [7, 11) is 0. The van der Waals surface area contributed by atoms with E-state index in [0.717, 1.165) is 19.3 Å². The van der Waals surface area contributed by atoms with Crippen molar-refractivity contribution < 1.29 is 15.0 Å². The Kier molecular flexibility index (Phi) is 1.83. The highest BCUT2D eigenvalue weighted by Gasteiger charge is 2.49. The molecule has 0 spiro atoms. The molecule has 68 valence electrons. The molecule has 0 saturated heterocycles. The van der Waals surface area contributed by atoms with Gasteiger partial charge in [-0.15, -0.1) is 0 Å². The average molecular weight is 170 g/mol. The van der Waals surface area contributed by atoms with Gasteiger partial charge < -0.3 is 10.2 Å². The number of aliphatic carboxylic acids is 1. The number of carboxylic acids is 1. The molecular formula is C9H14O3. The Balaban J connectivity index is 2.00. The molecule has 3 heteroatoms. The molecule has 2 rings (SSSR count). The standard InChI is InChI=1S/C9H14O3/c10-8-3-1-2-5-6(8)4-7(5)9(11)12/h5-8,10H,1-4H2,(H,11,12). The van der Waals surface area contributed by atoms with Crippen LogP contribution in [-0.2, 0) is 4.79 Å². The highest BCUT2D eigenvalue weighted by atomic mass is 16.4. The van der Waals surface area contributed by atoms with Crippen molar-refractivity contribution in [2.75, 3.05) is 0 Å². The van der Waals surface area contributed by atoms with Crippen LogP contribution in [0.1, 0.15) is 25.7 Å². The molecule has 2 aliphatic carbocycles. The van der Waals surface area contributed by atoms with Crippen LogP contribution in [-0.4, -0.2) is 22.3 Å². The van der Waals surface area contributed by atoms with Gasteiger partial charge in [-0.3, -0.25) is 4.79 Å². The van der Waals surface area contributed by atoms with E-state index in [1.165, 1.54) is 0 Å². The first-order valence-electron chi connectivity index (χ1n) is 4.61. The number of rotatable bonds is 1. The summed E-state index contributed by atoms with van der Waals surface area (Å²) in [6.07, 6.45) is 3.33. The first kappa shape index (κ1) is 8.05. The molecule has 12 heavy (non-hydrogen) atoms. The molecule has 2 fully saturated rings. The molecule has 2 N–H and O–H groups in total. The first-order chi connectivity index (χ1) is 5.70. The van der Waals surface area contributed by atoms with Crippen molar-refractivity contribution >= 4 is 5.97 Å². The average Bonchev–Trinajstić information content (AvgIpc) is 1.92. The Labute approximate surface area is 71.4 Å². The number of carboxylic acid groups (broad SMARTS) is 1. The van der Waals surface area contributed by atoms with Gasteiger partial charge in [0.1, 0.15) is 0 Å². The van der Waals surface area contributed by atoms with Crippen LogP contribution in [0.4, 0.5) is 0 Å². The van der Waals surface area contributed by atoms with Crippen molar-refractivity contribution in [3.05, 3.63) is 0 Å². The summed E-state index contributed by atoms with van der Waals surface area (Å²) in [6, 6.07) is 0. The van der Waals surface area contributed by atoms with Crippen molar-refractivity contribution in [3.63, 3.8) is 0 Å². The number of hydrogen-bond donors (Lipinski definition) is 2. The van der Waals surface area contributed by atoms with Crippen LogP contribution in [0, 0.1) is 17.8 Å². The molecule has 2 aliphatic rings. The molecule has 0 aromatic carbocycles. The summed E-state index contributed by atoms with van der Waals surface area (Å²) < 4.78 is 0. The minimum absolute atomic E-state index is 0.162. The molecule has 0 aromatic heterocycles. The molecular weight excluding hydrogens is 156 g/mol. The van der Waals surface area contributed by atoms with Crippen molar-refractivity contribution in [2.24, 2.45) is 17.8 Å². The Hall–Kier alpha value is -0.570. The van der Waals surface area contributed by atoms with E-state index in [1.807, 2.05) is 0 Å². The van der Waals surface area contributed by atoms with Gasteiger partial charge >= 0.3 is 5.97 Å². The number of aliphatic hydroxyl groups is 1. The number of carbonyl (C=O) groups is 1. The van der Waals surface area contributed by atoms with Gasteiger partial charge in [0.15, 0.2) is 0 Å². The SMILES string of the molecule is O=C(O)C1CC2C(O)CCCC12. The molecule has 3 nitrogen and oxygen atoms in total. The van der Waals surface area contributed by atoms with Gasteiger partial charge in [-0.25, -0.2) is 0 Å². The molecule has 2 saturated carbocycles. The maximum Gasteiger partial charge on any atom is 0.306 e. The highest BCUT2D eigenvalue weighted by Crippen LogP contribution is 2.49. The van der Waals surface area contributed by atoms with Crippen LogP contribution in [0.15, 0.2) is 0 Å². The molecule has 0 heterocycles. The third kappa shape index (κ3) is 1.04. The Morgan fingerprint density at radius 2 is 2.00 bits per heavy atom. The van der Waals surface area contributed by atoms with Crippen LogP contribution in [0.3, 0.4) is 0 Å². The Morgan fingerprint density at radius 1 is 1.25 bits per heavy atom. The maximum absolute atomic E-state index is 10.7. The number of fused-ring (bicyclic) bond motifs is 1. The fraction of sp³-hybridized carbons (Fsp3) is 0.889. The van der Waals surface area contributed by atoms with Gasteiger partial charge in [0.05, 0.1) is 12.0 Å². The topological polar surface area (TPSA) is 57.5 Å². The van der Waals surface area contributed by atoms with E-state index in [4.69, 9.17) is 5.11 Å². The summed E-state index contributed by atoms with van der Waals surface area (Å²) >= 11 is 0. The fourth-order valence-electron chi connectivity index (χ4n) is 2.66. The van der Waals surface area contributed by atoms with Crippen LogP contribution in [0.2, 0.25) is 0 Å². The van der Waals surface area contributed by atoms with Crippen LogP contribution in [0.25, 0.3) is 0 Å². The summed E-state index contributed by atoms with van der Waals surface area (Å²) in [6.45, 7) is 0. The summed E-state index contributed by atoms with van der Waals surface area (Å²) in [5, 5.41) is 18.3. The van der Waals surface area contributed by atoms with E-state index in [-0.39, 0.29) is 17.9 Å². The second kappa shape index (κ2) is 2.73. The molecule has 0 aliphatic heterocycles. The van der Waals surface area contributed by atoms with E-state index in [0.29, 0.717) is 12.3 Å². The zero-order valence-corrected chi connectivity index (χ0v) is 6.94. The maximum atomic E-state index is 10.7. The second-order valence-electron chi connectivity index (χ2n) is 4.01. The molecule has 0 bridgehead atoms. The molecule has 0 aromatic rings. The summed E-state index contributed by atoms with van der Waals surface area (Å²) in [5.41, 5.74) is 0. The molecule has 4 atom stereocenters. The Morgan fingerprint density at radius 3 is 2.67 bits per heavy atom. The van der Waals surface area contributed by atoms with Crippen molar-refractivity contribution in [2.45, 2.75) is 31.8 Å². The van der Waals surface area contributed by atoms with Crippen molar-refractivity contribution in [1.82, 2.24) is 0 Å². The van der Waals surface area contributed by atoms with E-state index in [2.05, 4.69) is 0 Å². The van der Waals surface area contributed by atoms with E-state index in [1.54, 1.807) is 0 Å². The lowest BCUT2D eigenvalue weighted by molar-refractivity contribution is -0.158. The van der Waals surface area contributed by atoms with E-state index in [9.17, 15) is 9.90 Å².